The summed E-state index contributed by atoms with van der Waals surface area (Å²) in [4.78, 5) is 0. The summed E-state index contributed by atoms with van der Waals surface area (Å²) in [6.07, 6.45) is 14.1. The first kappa shape index (κ1) is 19.6. The summed E-state index contributed by atoms with van der Waals surface area (Å²) in [5.74, 6) is 0. The predicted octanol–water partition coefficient (Wildman–Crippen LogP) is 6.16. The first-order valence-electron chi connectivity index (χ1n) is 9.28. The normalized spacial score (nSPS) is 11.2. The molecular weight excluding hydrogens is 316 g/mol. The lowest BCUT2D eigenvalue weighted by atomic mass is 10.1. The molecule has 0 aliphatic carbocycles. The Morgan fingerprint density at radius 2 is 1.00 bits per heavy atom. The molecule has 0 aliphatic heterocycles. The Hall–Kier alpha value is -2.74. The van der Waals surface area contributed by atoms with Gasteiger partial charge >= 0.3 is 0 Å². The van der Waals surface area contributed by atoms with E-state index in [1.165, 1.54) is 11.1 Å². The zero-order valence-electron chi connectivity index (χ0n) is 15.5. The van der Waals surface area contributed by atoms with Crippen molar-refractivity contribution in [3.05, 3.63) is 96.1 Å². The first-order chi connectivity index (χ1) is 12.8. The van der Waals surface area contributed by atoms with Crippen LogP contribution in [-0.4, -0.2) is 12.4 Å². The molecule has 0 bridgehead atoms. The van der Waals surface area contributed by atoms with Gasteiger partial charge in [0.25, 0.3) is 0 Å². The minimum absolute atomic E-state index is 1.06. The van der Waals surface area contributed by atoms with E-state index in [4.69, 9.17) is 0 Å². The van der Waals surface area contributed by atoms with Gasteiger partial charge < -0.3 is 0 Å². The molecular formula is C24H28N2. The summed E-state index contributed by atoms with van der Waals surface area (Å²) in [5.41, 5.74) is 4.82. The molecule has 2 nitrogen and oxygen atoms in total. The van der Waals surface area contributed by atoms with Crippen LogP contribution in [0.1, 0.15) is 47.9 Å². The third-order valence-corrected chi connectivity index (χ3v) is 4.19. The van der Waals surface area contributed by atoms with Crippen LogP contribution in [0.2, 0.25) is 0 Å². The first-order valence-corrected chi connectivity index (χ1v) is 9.28. The highest BCUT2D eigenvalue weighted by atomic mass is 15.2. The third kappa shape index (κ3) is 7.43. The number of allylic oxidation sites excluding steroid dienone is 2. The molecule has 0 amide bonds. The minimum atomic E-state index is 1.06. The minimum Gasteiger partial charge on any atom is -0.159 e. The smallest absolute Gasteiger partial charge is 0.0568 e. The van der Waals surface area contributed by atoms with Gasteiger partial charge in [-0.3, -0.25) is 0 Å². The summed E-state index contributed by atoms with van der Waals surface area (Å²) in [5, 5.41) is 8.29. The van der Waals surface area contributed by atoms with Crippen molar-refractivity contribution in [3.63, 3.8) is 0 Å². The Morgan fingerprint density at radius 1 is 0.615 bits per heavy atom. The molecule has 0 N–H and O–H groups in total. The molecule has 0 aliphatic rings. The molecule has 26 heavy (non-hydrogen) atoms. The average molecular weight is 345 g/mol. The highest BCUT2D eigenvalue weighted by Gasteiger charge is 1.94. The lowest BCUT2D eigenvalue weighted by Gasteiger charge is -2.00. The second-order valence-corrected chi connectivity index (χ2v) is 6.33. The SMILES string of the molecule is C=CCCCc1ccc(C=NN=Cc2ccc(CCCC=C)cc2)cc1. The monoisotopic (exact) mass is 344 g/mol. The van der Waals surface area contributed by atoms with Gasteiger partial charge in [0.05, 0.1) is 12.4 Å². The van der Waals surface area contributed by atoms with Gasteiger partial charge in [0.15, 0.2) is 0 Å². The van der Waals surface area contributed by atoms with Gasteiger partial charge in [0, 0.05) is 0 Å². The lowest BCUT2D eigenvalue weighted by Crippen LogP contribution is -1.87. The Labute approximate surface area is 157 Å². The van der Waals surface area contributed by atoms with Crippen LogP contribution in [0.4, 0.5) is 0 Å². The number of aryl methyl sites for hydroxylation is 2. The standard InChI is InChI=1S/C24H28N2/c1-3-5-7-9-21-11-15-23(16-12-21)19-25-26-20-24-17-13-22(14-18-24)10-8-6-4-2/h3-4,11-20H,1-2,5-10H2. The summed E-state index contributed by atoms with van der Waals surface area (Å²) in [6, 6.07) is 16.9. The van der Waals surface area contributed by atoms with Crippen molar-refractivity contribution in [1.82, 2.24) is 0 Å². The van der Waals surface area contributed by atoms with E-state index < -0.39 is 0 Å². The van der Waals surface area contributed by atoms with Crippen LogP contribution in [0, 0.1) is 0 Å². The van der Waals surface area contributed by atoms with Crippen molar-refractivity contribution >= 4 is 12.4 Å². The fourth-order valence-corrected chi connectivity index (χ4v) is 2.64. The van der Waals surface area contributed by atoms with Crippen molar-refractivity contribution < 1.29 is 0 Å². The van der Waals surface area contributed by atoms with Crippen LogP contribution in [-0.2, 0) is 12.8 Å². The van der Waals surface area contributed by atoms with Gasteiger partial charge in [-0.15, -0.1) is 13.2 Å². The van der Waals surface area contributed by atoms with Crippen LogP contribution in [0.15, 0.2) is 84.0 Å². The molecule has 0 saturated heterocycles. The highest BCUT2D eigenvalue weighted by molar-refractivity contribution is 5.82. The Balaban J connectivity index is 1.81. The molecule has 0 saturated carbocycles. The summed E-state index contributed by atoms with van der Waals surface area (Å²) < 4.78 is 0. The van der Waals surface area contributed by atoms with Crippen LogP contribution in [0.3, 0.4) is 0 Å². The van der Waals surface area contributed by atoms with Gasteiger partial charge in [-0.25, -0.2) is 0 Å². The number of nitrogens with zero attached hydrogens (tertiary/aromatic N) is 2. The largest absolute Gasteiger partial charge is 0.159 e. The molecule has 0 heterocycles. The molecule has 0 aromatic heterocycles. The molecule has 2 heteroatoms. The second-order valence-electron chi connectivity index (χ2n) is 6.33. The van der Waals surface area contributed by atoms with Crippen molar-refractivity contribution in [1.29, 1.82) is 0 Å². The van der Waals surface area contributed by atoms with Gasteiger partial charge in [-0.05, 0) is 60.8 Å². The maximum atomic E-state index is 4.15. The van der Waals surface area contributed by atoms with E-state index in [1.807, 2.05) is 12.2 Å². The third-order valence-electron chi connectivity index (χ3n) is 4.19. The zero-order valence-corrected chi connectivity index (χ0v) is 15.5. The molecule has 0 atom stereocenters. The maximum Gasteiger partial charge on any atom is 0.0568 e. The van der Waals surface area contributed by atoms with Crippen molar-refractivity contribution in [2.75, 3.05) is 0 Å². The molecule has 0 unspecified atom stereocenters. The zero-order chi connectivity index (χ0) is 18.5. The topological polar surface area (TPSA) is 24.7 Å². The molecule has 0 spiro atoms. The molecule has 0 fully saturated rings. The number of unbranched alkanes of at least 4 members (excludes halogenated alkanes) is 2. The lowest BCUT2D eigenvalue weighted by molar-refractivity contribution is 0.844. The number of rotatable bonds is 11. The van der Waals surface area contributed by atoms with E-state index in [0.29, 0.717) is 0 Å². The van der Waals surface area contributed by atoms with E-state index >= 15 is 0 Å². The quantitative estimate of drug-likeness (QED) is 0.202. The Bertz CT molecular complexity index is 656. The van der Waals surface area contributed by atoms with Gasteiger partial charge in [-0.1, -0.05) is 60.7 Å². The van der Waals surface area contributed by atoms with E-state index in [2.05, 4.69) is 71.9 Å². The summed E-state index contributed by atoms with van der Waals surface area (Å²) >= 11 is 0. The van der Waals surface area contributed by atoms with Crippen LogP contribution in [0.25, 0.3) is 0 Å². The van der Waals surface area contributed by atoms with Crippen LogP contribution >= 0.6 is 0 Å². The van der Waals surface area contributed by atoms with E-state index in [1.54, 1.807) is 12.4 Å². The second kappa shape index (κ2) is 11.8. The molecule has 2 aromatic carbocycles. The average Bonchev–Trinajstić information content (AvgIpc) is 2.68. The highest BCUT2D eigenvalue weighted by Crippen LogP contribution is 2.08. The van der Waals surface area contributed by atoms with Gasteiger partial charge in [0.1, 0.15) is 0 Å². The summed E-state index contributed by atoms with van der Waals surface area (Å²) in [7, 11) is 0. The fourth-order valence-electron chi connectivity index (χ4n) is 2.64. The van der Waals surface area contributed by atoms with E-state index in [0.717, 1.165) is 49.7 Å². The maximum absolute atomic E-state index is 4.15. The van der Waals surface area contributed by atoms with Crippen LogP contribution in [0.5, 0.6) is 0 Å². The Morgan fingerprint density at radius 3 is 1.35 bits per heavy atom. The number of hydrogen-bond acceptors (Lipinski definition) is 2. The molecule has 134 valence electrons. The number of hydrogen-bond donors (Lipinski definition) is 0. The van der Waals surface area contributed by atoms with E-state index in [9.17, 15) is 0 Å². The Kier molecular flexibility index (Phi) is 8.85. The van der Waals surface area contributed by atoms with Crippen molar-refractivity contribution in [2.24, 2.45) is 10.2 Å². The van der Waals surface area contributed by atoms with Crippen molar-refractivity contribution in [3.8, 4) is 0 Å². The van der Waals surface area contributed by atoms with Crippen LogP contribution < -0.4 is 0 Å². The molecule has 2 aromatic rings. The van der Waals surface area contributed by atoms with E-state index in [-0.39, 0.29) is 0 Å². The van der Waals surface area contributed by atoms with Gasteiger partial charge in [-0.2, -0.15) is 10.2 Å². The summed E-state index contributed by atoms with van der Waals surface area (Å²) in [6.45, 7) is 7.51. The van der Waals surface area contributed by atoms with Gasteiger partial charge in [0.2, 0.25) is 0 Å². The predicted molar refractivity (Wildman–Crippen MR) is 114 cm³/mol. The van der Waals surface area contributed by atoms with Crippen molar-refractivity contribution in [2.45, 2.75) is 38.5 Å². The fraction of sp³-hybridized carbons (Fsp3) is 0.250. The number of benzene rings is 2. The molecule has 0 radical (unpaired) electrons. The molecule has 2 rings (SSSR count).